The van der Waals surface area contributed by atoms with Crippen molar-refractivity contribution in [1.29, 1.82) is 0 Å². The van der Waals surface area contributed by atoms with Gasteiger partial charge in [0.2, 0.25) is 0 Å². The van der Waals surface area contributed by atoms with E-state index < -0.39 is 0 Å². The molecule has 1 aliphatic rings. The molecule has 3 heteroatoms. The molecule has 0 aromatic rings. The third-order valence-electron chi connectivity index (χ3n) is 2.56. The second kappa shape index (κ2) is 7.52. The molecule has 0 aromatic carbocycles. The molecule has 0 aromatic heterocycles. The van der Waals surface area contributed by atoms with Crippen LogP contribution < -0.4 is 0 Å². The Bertz CT molecular complexity index is 269. The van der Waals surface area contributed by atoms with Gasteiger partial charge in [0.25, 0.3) is 0 Å². The molecular weight excluding hydrogens is 210 g/mol. The summed E-state index contributed by atoms with van der Waals surface area (Å²) in [6.07, 6.45) is 13.8. The van der Waals surface area contributed by atoms with E-state index in [-0.39, 0.29) is 0 Å². The van der Waals surface area contributed by atoms with Crippen LogP contribution in [0.1, 0.15) is 44.9 Å². The Hall–Kier alpha value is -0.760. The highest BCUT2D eigenvalue weighted by molar-refractivity contribution is 6.43. The van der Waals surface area contributed by atoms with Gasteiger partial charge < -0.3 is 5.21 Å². The van der Waals surface area contributed by atoms with Crippen molar-refractivity contribution in [2.45, 2.75) is 44.9 Å². The number of nitrogens with zero attached hydrogens (tertiary/aromatic N) is 1. The summed E-state index contributed by atoms with van der Waals surface area (Å²) in [5.41, 5.74) is 0.599. The molecule has 0 saturated heterocycles. The van der Waals surface area contributed by atoms with Gasteiger partial charge in [-0.25, -0.2) is 0 Å². The Labute approximate surface area is 96.3 Å². The molecular formula is C12H18ClNO. The molecule has 84 valence electrons. The van der Waals surface area contributed by atoms with Crippen LogP contribution in [0, 0.1) is 0 Å². The number of rotatable bonds is 0. The van der Waals surface area contributed by atoms with E-state index in [1.807, 2.05) is 6.08 Å². The van der Waals surface area contributed by atoms with Crippen molar-refractivity contribution in [3.05, 3.63) is 23.3 Å². The summed E-state index contributed by atoms with van der Waals surface area (Å²) in [4.78, 5) is 0. The summed E-state index contributed by atoms with van der Waals surface area (Å²) in [6.45, 7) is 0. The van der Waals surface area contributed by atoms with Gasteiger partial charge >= 0.3 is 0 Å². The van der Waals surface area contributed by atoms with E-state index in [2.05, 4.69) is 11.2 Å². The second-order valence-corrected chi connectivity index (χ2v) is 4.20. The lowest BCUT2D eigenvalue weighted by atomic mass is 10.1. The van der Waals surface area contributed by atoms with Crippen LogP contribution in [0.2, 0.25) is 0 Å². The smallest absolute Gasteiger partial charge is 0.0981 e. The van der Waals surface area contributed by atoms with Crippen LogP contribution in [-0.2, 0) is 0 Å². The first-order valence-electron chi connectivity index (χ1n) is 5.58. The molecule has 0 radical (unpaired) electrons. The quantitative estimate of drug-likeness (QED) is 0.487. The summed E-state index contributed by atoms with van der Waals surface area (Å²) in [6, 6.07) is 0. The number of hydrogen-bond donors (Lipinski definition) is 1. The van der Waals surface area contributed by atoms with Gasteiger partial charge in [0.05, 0.1) is 10.7 Å². The highest BCUT2D eigenvalue weighted by Gasteiger charge is 2.04. The van der Waals surface area contributed by atoms with Gasteiger partial charge in [-0.15, -0.1) is 0 Å². The molecule has 0 bridgehead atoms. The van der Waals surface area contributed by atoms with Crippen molar-refractivity contribution in [3.63, 3.8) is 0 Å². The number of allylic oxidation sites excluding steroid dienone is 4. The van der Waals surface area contributed by atoms with Gasteiger partial charge in [-0.05, 0) is 31.8 Å². The maximum absolute atomic E-state index is 8.80. The minimum absolute atomic E-state index is 0.550. The summed E-state index contributed by atoms with van der Waals surface area (Å²) in [5, 5.41) is 12.6. The van der Waals surface area contributed by atoms with Crippen molar-refractivity contribution in [3.8, 4) is 0 Å². The summed E-state index contributed by atoms with van der Waals surface area (Å²) in [7, 11) is 0. The van der Waals surface area contributed by atoms with Crippen molar-refractivity contribution in [1.82, 2.24) is 0 Å². The Balaban J connectivity index is 2.63. The first-order chi connectivity index (χ1) is 7.34. The van der Waals surface area contributed by atoms with Crippen molar-refractivity contribution < 1.29 is 5.21 Å². The minimum Gasteiger partial charge on any atom is -0.411 e. The molecule has 0 unspecified atom stereocenters. The normalized spacial score (nSPS) is 28.6. The standard InChI is InChI=1S/C12H18ClNO/c13-11-9-7-5-3-1-2-4-6-8-10-12(11)14-15/h5,7,9,15H,1-4,6,8,10H2/b7-5-,11-9+,14-12?. The van der Waals surface area contributed by atoms with E-state index in [0.717, 1.165) is 19.3 Å². The molecule has 1 N–H and O–H groups in total. The van der Waals surface area contributed by atoms with Crippen LogP contribution in [0.15, 0.2) is 28.4 Å². The van der Waals surface area contributed by atoms with Crippen molar-refractivity contribution in [2.24, 2.45) is 5.16 Å². The lowest BCUT2D eigenvalue weighted by molar-refractivity contribution is 0.318. The van der Waals surface area contributed by atoms with Gasteiger partial charge in [-0.2, -0.15) is 0 Å². The molecule has 15 heavy (non-hydrogen) atoms. The van der Waals surface area contributed by atoms with Gasteiger partial charge in [0.1, 0.15) is 0 Å². The van der Waals surface area contributed by atoms with E-state index in [4.69, 9.17) is 16.8 Å². The molecule has 0 saturated carbocycles. The Morgan fingerprint density at radius 3 is 2.67 bits per heavy atom. The molecule has 1 aliphatic carbocycles. The Kier molecular flexibility index (Phi) is 6.17. The van der Waals surface area contributed by atoms with E-state index in [1.54, 1.807) is 6.08 Å². The fourth-order valence-electron chi connectivity index (χ4n) is 1.65. The predicted molar refractivity (Wildman–Crippen MR) is 64.6 cm³/mol. The van der Waals surface area contributed by atoms with Crippen LogP contribution in [0.3, 0.4) is 0 Å². The summed E-state index contributed by atoms with van der Waals surface area (Å²) in [5.74, 6) is 0. The summed E-state index contributed by atoms with van der Waals surface area (Å²) >= 11 is 6.00. The Morgan fingerprint density at radius 1 is 1.13 bits per heavy atom. The van der Waals surface area contributed by atoms with E-state index in [9.17, 15) is 0 Å². The SMILES string of the molecule is ON=C1CCCCCCC/C=C\C=C/1Cl. The summed E-state index contributed by atoms with van der Waals surface area (Å²) < 4.78 is 0. The lowest BCUT2D eigenvalue weighted by Gasteiger charge is -2.04. The first-order valence-corrected chi connectivity index (χ1v) is 5.96. The first kappa shape index (κ1) is 12.3. The monoisotopic (exact) mass is 227 g/mol. The second-order valence-electron chi connectivity index (χ2n) is 3.80. The molecule has 0 fully saturated rings. The molecule has 0 amide bonds. The molecule has 2 nitrogen and oxygen atoms in total. The van der Waals surface area contributed by atoms with Gasteiger partial charge in [-0.3, -0.25) is 0 Å². The minimum atomic E-state index is 0.550. The third-order valence-corrected chi connectivity index (χ3v) is 2.90. The largest absolute Gasteiger partial charge is 0.411 e. The fraction of sp³-hybridized carbons (Fsp3) is 0.583. The maximum Gasteiger partial charge on any atom is 0.0981 e. The number of oxime groups is 1. The zero-order chi connectivity index (χ0) is 10.9. The van der Waals surface area contributed by atoms with Crippen LogP contribution in [0.25, 0.3) is 0 Å². The van der Waals surface area contributed by atoms with Crippen molar-refractivity contribution in [2.75, 3.05) is 0 Å². The zero-order valence-electron chi connectivity index (χ0n) is 8.95. The Morgan fingerprint density at radius 2 is 1.87 bits per heavy atom. The van der Waals surface area contributed by atoms with Gasteiger partial charge in [-0.1, -0.05) is 48.2 Å². The highest BCUT2D eigenvalue weighted by atomic mass is 35.5. The van der Waals surface area contributed by atoms with Crippen LogP contribution >= 0.6 is 11.6 Å². The average molecular weight is 228 g/mol. The number of hydrogen-bond acceptors (Lipinski definition) is 2. The van der Waals surface area contributed by atoms with Crippen LogP contribution in [-0.4, -0.2) is 10.9 Å². The van der Waals surface area contributed by atoms with Crippen LogP contribution in [0.4, 0.5) is 0 Å². The molecule has 0 aliphatic heterocycles. The predicted octanol–water partition coefficient (Wildman–Crippen LogP) is 4.24. The third kappa shape index (κ3) is 5.03. The lowest BCUT2D eigenvalue weighted by Crippen LogP contribution is -1.99. The number of halogens is 1. The highest BCUT2D eigenvalue weighted by Crippen LogP contribution is 2.15. The van der Waals surface area contributed by atoms with Gasteiger partial charge in [0.15, 0.2) is 0 Å². The molecule has 0 spiro atoms. The van der Waals surface area contributed by atoms with Crippen molar-refractivity contribution >= 4 is 17.3 Å². The van der Waals surface area contributed by atoms with E-state index >= 15 is 0 Å². The molecule has 0 heterocycles. The maximum atomic E-state index is 8.80. The average Bonchev–Trinajstić information content (AvgIpc) is 2.23. The fourth-order valence-corrected chi connectivity index (χ4v) is 1.85. The van der Waals surface area contributed by atoms with E-state index in [0.29, 0.717) is 10.7 Å². The van der Waals surface area contributed by atoms with Gasteiger partial charge in [0, 0.05) is 0 Å². The molecule has 1 rings (SSSR count). The zero-order valence-corrected chi connectivity index (χ0v) is 9.71. The van der Waals surface area contributed by atoms with E-state index in [1.165, 1.54) is 25.7 Å². The topological polar surface area (TPSA) is 32.6 Å². The van der Waals surface area contributed by atoms with Crippen LogP contribution in [0.5, 0.6) is 0 Å². The molecule has 0 atom stereocenters.